The monoisotopic (exact) mass is 236 g/mol. The van der Waals surface area contributed by atoms with Crippen LogP contribution in [0, 0.1) is 0 Å². The standard InChI is InChI=1S/C8H5BrN4/c9-6-2-1-3-13-7(6)5-4-10-11-8(5)12-13/h1-4H,(H,11,12). The van der Waals surface area contributed by atoms with Crippen molar-refractivity contribution in [2.24, 2.45) is 0 Å². The number of halogens is 1. The molecule has 0 aliphatic carbocycles. The largest absolute Gasteiger partial charge is 0.259 e. The third-order valence-electron chi connectivity index (χ3n) is 2.01. The van der Waals surface area contributed by atoms with E-state index in [0.717, 1.165) is 21.0 Å². The first-order chi connectivity index (χ1) is 6.36. The van der Waals surface area contributed by atoms with Gasteiger partial charge in [-0.2, -0.15) is 5.10 Å². The van der Waals surface area contributed by atoms with Crippen molar-refractivity contribution in [1.82, 2.24) is 19.8 Å². The van der Waals surface area contributed by atoms with Crippen molar-refractivity contribution >= 4 is 32.5 Å². The minimum atomic E-state index is 0.812. The van der Waals surface area contributed by atoms with Gasteiger partial charge >= 0.3 is 0 Å². The van der Waals surface area contributed by atoms with E-state index in [4.69, 9.17) is 0 Å². The van der Waals surface area contributed by atoms with Crippen LogP contribution in [0.4, 0.5) is 0 Å². The molecule has 0 radical (unpaired) electrons. The predicted molar refractivity (Wildman–Crippen MR) is 52.5 cm³/mol. The third kappa shape index (κ3) is 0.846. The van der Waals surface area contributed by atoms with Gasteiger partial charge in [0, 0.05) is 10.7 Å². The molecule has 0 fully saturated rings. The van der Waals surface area contributed by atoms with Crippen molar-refractivity contribution in [3.8, 4) is 0 Å². The molecule has 0 unspecified atom stereocenters. The van der Waals surface area contributed by atoms with Gasteiger partial charge in [0.1, 0.15) is 0 Å². The molecule has 13 heavy (non-hydrogen) atoms. The molecule has 5 heteroatoms. The molecule has 3 aromatic heterocycles. The number of nitrogens with zero attached hydrogens (tertiary/aromatic N) is 3. The molecule has 0 atom stereocenters. The highest BCUT2D eigenvalue weighted by atomic mass is 79.9. The van der Waals surface area contributed by atoms with E-state index in [9.17, 15) is 0 Å². The Morgan fingerprint density at radius 2 is 2.38 bits per heavy atom. The Labute approximate surface area is 81.7 Å². The van der Waals surface area contributed by atoms with E-state index < -0.39 is 0 Å². The van der Waals surface area contributed by atoms with Crippen molar-refractivity contribution in [2.45, 2.75) is 0 Å². The number of nitrogens with one attached hydrogen (secondary N) is 1. The van der Waals surface area contributed by atoms with E-state index >= 15 is 0 Å². The summed E-state index contributed by atoms with van der Waals surface area (Å²) in [4.78, 5) is 0. The van der Waals surface area contributed by atoms with Crippen molar-refractivity contribution in [2.75, 3.05) is 0 Å². The Morgan fingerprint density at radius 1 is 1.46 bits per heavy atom. The molecule has 3 heterocycles. The molecule has 0 spiro atoms. The number of rotatable bonds is 0. The molecule has 64 valence electrons. The first-order valence-electron chi connectivity index (χ1n) is 3.82. The Bertz CT molecular complexity index is 580. The van der Waals surface area contributed by atoms with Gasteiger partial charge in [-0.25, -0.2) is 4.52 Å². The van der Waals surface area contributed by atoms with E-state index in [2.05, 4.69) is 31.2 Å². The summed E-state index contributed by atoms with van der Waals surface area (Å²) in [6, 6.07) is 3.93. The molecule has 3 aromatic rings. The molecule has 0 aliphatic rings. The summed E-state index contributed by atoms with van der Waals surface area (Å²) in [7, 11) is 0. The average Bonchev–Trinajstić information content (AvgIpc) is 2.62. The molecule has 0 saturated heterocycles. The van der Waals surface area contributed by atoms with Crippen LogP contribution >= 0.6 is 15.9 Å². The van der Waals surface area contributed by atoms with Gasteiger partial charge in [0.05, 0.1) is 17.1 Å². The number of hydrogen-bond donors (Lipinski definition) is 1. The van der Waals surface area contributed by atoms with Crippen LogP contribution in [0.5, 0.6) is 0 Å². The van der Waals surface area contributed by atoms with Crippen LogP contribution in [-0.4, -0.2) is 19.8 Å². The lowest BCUT2D eigenvalue weighted by molar-refractivity contribution is 0.950. The van der Waals surface area contributed by atoms with E-state index in [1.54, 1.807) is 6.20 Å². The topological polar surface area (TPSA) is 46.0 Å². The fourth-order valence-corrected chi connectivity index (χ4v) is 1.99. The van der Waals surface area contributed by atoms with Crippen LogP contribution in [0.25, 0.3) is 16.6 Å². The molecular weight excluding hydrogens is 232 g/mol. The first kappa shape index (κ1) is 7.08. The number of H-pyrrole nitrogens is 1. The summed E-state index contributed by atoms with van der Waals surface area (Å²) in [6.07, 6.45) is 3.69. The molecule has 3 rings (SSSR count). The Hall–Kier alpha value is -1.36. The Balaban J connectivity index is 2.68. The molecular formula is C8H5BrN4. The fraction of sp³-hybridized carbons (Fsp3) is 0. The summed E-state index contributed by atoms with van der Waals surface area (Å²) in [5, 5.41) is 12.1. The number of aromatic nitrogens is 4. The minimum Gasteiger partial charge on any atom is -0.259 e. The van der Waals surface area contributed by atoms with E-state index in [-0.39, 0.29) is 0 Å². The van der Waals surface area contributed by atoms with Crippen LogP contribution < -0.4 is 0 Å². The lowest BCUT2D eigenvalue weighted by Gasteiger charge is -1.93. The van der Waals surface area contributed by atoms with Gasteiger partial charge in [-0.05, 0) is 28.1 Å². The van der Waals surface area contributed by atoms with Gasteiger partial charge in [0.25, 0.3) is 0 Å². The molecule has 0 amide bonds. The number of aromatic amines is 1. The number of fused-ring (bicyclic) bond motifs is 3. The van der Waals surface area contributed by atoms with Crippen LogP contribution in [0.3, 0.4) is 0 Å². The third-order valence-corrected chi connectivity index (χ3v) is 2.65. The van der Waals surface area contributed by atoms with Gasteiger partial charge < -0.3 is 0 Å². The van der Waals surface area contributed by atoms with Crippen LogP contribution in [0.15, 0.2) is 29.0 Å². The maximum absolute atomic E-state index is 4.30. The maximum atomic E-state index is 4.30. The minimum absolute atomic E-state index is 0.812. The highest BCUT2D eigenvalue weighted by Crippen LogP contribution is 2.24. The van der Waals surface area contributed by atoms with Crippen molar-refractivity contribution < 1.29 is 0 Å². The molecule has 0 aliphatic heterocycles. The van der Waals surface area contributed by atoms with Gasteiger partial charge in [0.2, 0.25) is 0 Å². The molecule has 4 nitrogen and oxygen atoms in total. The maximum Gasteiger partial charge on any atom is 0.178 e. The van der Waals surface area contributed by atoms with Gasteiger partial charge in [0.15, 0.2) is 5.65 Å². The summed E-state index contributed by atoms with van der Waals surface area (Å²) >= 11 is 3.48. The van der Waals surface area contributed by atoms with Crippen molar-refractivity contribution in [1.29, 1.82) is 0 Å². The molecule has 0 bridgehead atoms. The van der Waals surface area contributed by atoms with Crippen molar-refractivity contribution in [3.63, 3.8) is 0 Å². The summed E-state index contributed by atoms with van der Waals surface area (Å²) < 4.78 is 2.85. The molecule has 1 N–H and O–H groups in total. The summed E-state index contributed by atoms with van der Waals surface area (Å²) in [5.74, 6) is 0. The smallest absolute Gasteiger partial charge is 0.178 e. The lowest BCUT2D eigenvalue weighted by Crippen LogP contribution is -1.85. The molecule has 0 saturated carbocycles. The molecule has 0 aromatic carbocycles. The highest BCUT2D eigenvalue weighted by Gasteiger charge is 2.07. The number of pyridine rings is 1. The summed E-state index contributed by atoms with van der Waals surface area (Å²) in [6.45, 7) is 0. The first-order valence-corrected chi connectivity index (χ1v) is 4.61. The highest BCUT2D eigenvalue weighted by molar-refractivity contribution is 9.10. The van der Waals surface area contributed by atoms with Gasteiger partial charge in [-0.15, -0.1) is 5.10 Å². The summed E-state index contributed by atoms with van der Waals surface area (Å²) in [5.41, 5.74) is 1.86. The van der Waals surface area contributed by atoms with Crippen LogP contribution in [-0.2, 0) is 0 Å². The second-order valence-electron chi connectivity index (χ2n) is 2.78. The van der Waals surface area contributed by atoms with E-state index in [1.165, 1.54) is 0 Å². The van der Waals surface area contributed by atoms with Crippen molar-refractivity contribution in [3.05, 3.63) is 29.0 Å². The van der Waals surface area contributed by atoms with E-state index in [0.29, 0.717) is 0 Å². The van der Waals surface area contributed by atoms with Crippen LogP contribution in [0.1, 0.15) is 0 Å². The zero-order valence-corrected chi connectivity index (χ0v) is 8.12. The van der Waals surface area contributed by atoms with Gasteiger partial charge in [-0.3, -0.25) is 5.10 Å². The Kier molecular flexibility index (Phi) is 1.26. The Morgan fingerprint density at radius 3 is 3.31 bits per heavy atom. The van der Waals surface area contributed by atoms with Gasteiger partial charge in [-0.1, -0.05) is 0 Å². The predicted octanol–water partition coefficient (Wildman–Crippen LogP) is 1.97. The zero-order valence-electron chi connectivity index (χ0n) is 6.53. The fourth-order valence-electron chi connectivity index (χ4n) is 1.44. The normalized spacial score (nSPS) is 11.5. The quantitative estimate of drug-likeness (QED) is 0.649. The zero-order chi connectivity index (χ0) is 8.84. The second-order valence-corrected chi connectivity index (χ2v) is 3.64. The SMILES string of the molecule is Brc1cccn2nc3[nH]ncc3c12. The average molecular weight is 237 g/mol. The van der Waals surface area contributed by atoms with E-state index in [1.807, 2.05) is 22.8 Å². The number of hydrogen-bond acceptors (Lipinski definition) is 2. The lowest BCUT2D eigenvalue weighted by atomic mass is 10.3. The van der Waals surface area contributed by atoms with Crippen LogP contribution in [0.2, 0.25) is 0 Å². The second kappa shape index (κ2) is 2.32.